The van der Waals surface area contributed by atoms with E-state index in [1.165, 1.54) is 12.3 Å². The lowest BCUT2D eigenvalue weighted by Gasteiger charge is -2.13. The van der Waals surface area contributed by atoms with Gasteiger partial charge in [-0.1, -0.05) is 11.6 Å². The summed E-state index contributed by atoms with van der Waals surface area (Å²) in [7, 11) is 0. The normalized spacial score (nSPS) is 11.4. The Hall–Kier alpha value is -1.60. The van der Waals surface area contributed by atoms with E-state index in [0.29, 0.717) is 0 Å². The van der Waals surface area contributed by atoms with E-state index in [0.717, 1.165) is 23.5 Å². The topological polar surface area (TPSA) is 42.0 Å². The standard InChI is InChI=1S/C11H6ClF3N2OS/c12-6-1-2-8(7(5-6)11(13,14)15)17-9(18)10-16-3-4-19-10/h1-5H,(H,17,18). The molecule has 1 aromatic carbocycles. The number of aromatic nitrogens is 1. The molecule has 0 spiro atoms. The summed E-state index contributed by atoms with van der Waals surface area (Å²) in [5.41, 5.74) is -1.35. The second kappa shape index (κ2) is 5.18. The minimum atomic E-state index is -4.60. The maximum absolute atomic E-state index is 12.8. The second-order valence-electron chi connectivity index (χ2n) is 3.48. The molecule has 0 saturated heterocycles. The summed E-state index contributed by atoms with van der Waals surface area (Å²) in [6, 6.07) is 3.14. The van der Waals surface area contributed by atoms with E-state index in [-0.39, 0.29) is 15.7 Å². The quantitative estimate of drug-likeness (QED) is 0.909. The molecule has 1 N–H and O–H groups in total. The Labute approximate surface area is 115 Å². The fourth-order valence-corrected chi connectivity index (χ4v) is 2.07. The molecule has 0 bridgehead atoms. The summed E-state index contributed by atoms with van der Waals surface area (Å²) < 4.78 is 38.4. The number of rotatable bonds is 2. The molecule has 2 rings (SSSR count). The molecule has 0 aliphatic heterocycles. The Bertz CT molecular complexity index is 598. The van der Waals surface area contributed by atoms with Gasteiger partial charge in [0, 0.05) is 16.6 Å². The Balaban J connectivity index is 2.33. The van der Waals surface area contributed by atoms with Gasteiger partial charge in [0.2, 0.25) is 0 Å². The van der Waals surface area contributed by atoms with Crippen LogP contribution in [0, 0.1) is 0 Å². The molecule has 19 heavy (non-hydrogen) atoms. The van der Waals surface area contributed by atoms with Crippen molar-refractivity contribution in [1.82, 2.24) is 4.98 Å². The summed E-state index contributed by atoms with van der Waals surface area (Å²) >= 11 is 6.57. The lowest BCUT2D eigenvalue weighted by atomic mass is 10.1. The largest absolute Gasteiger partial charge is 0.418 e. The molecule has 1 heterocycles. The predicted molar refractivity (Wildman–Crippen MR) is 66.5 cm³/mol. The third-order valence-electron chi connectivity index (χ3n) is 2.16. The Kier molecular flexibility index (Phi) is 3.77. The summed E-state index contributed by atoms with van der Waals surface area (Å²) in [5, 5.41) is 3.76. The first kappa shape index (κ1) is 13.8. The highest BCUT2D eigenvalue weighted by molar-refractivity contribution is 7.11. The maximum Gasteiger partial charge on any atom is 0.418 e. The molecule has 0 saturated carbocycles. The van der Waals surface area contributed by atoms with E-state index >= 15 is 0 Å². The summed E-state index contributed by atoms with van der Waals surface area (Å²) in [6.45, 7) is 0. The van der Waals surface area contributed by atoms with Crippen LogP contribution in [0.1, 0.15) is 15.4 Å². The molecule has 1 aromatic heterocycles. The molecule has 100 valence electrons. The maximum atomic E-state index is 12.8. The van der Waals surface area contributed by atoms with Gasteiger partial charge >= 0.3 is 6.18 Å². The fourth-order valence-electron chi connectivity index (χ4n) is 1.37. The molecule has 0 unspecified atom stereocenters. The summed E-state index contributed by atoms with van der Waals surface area (Å²) in [6.07, 6.45) is -3.21. The fraction of sp³-hybridized carbons (Fsp3) is 0.0909. The highest BCUT2D eigenvalue weighted by Crippen LogP contribution is 2.36. The average Bonchev–Trinajstić information content (AvgIpc) is 2.83. The van der Waals surface area contributed by atoms with Crippen LogP contribution in [0.5, 0.6) is 0 Å². The molecule has 0 radical (unpaired) electrons. The van der Waals surface area contributed by atoms with Gasteiger partial charge in [0.05, 0.1) is 11.3 Å². The van der Waals surface area contributed by atoms with Crippen molar-refractivity contribution < 1.29 is 18.0 Å². The smallest absolute Gasteiger partial charge is 0.319 e. The minimum absolute atomic E-state index is 0.0560. The van der Waals surface area contributed by atoms with Crippen LogP contribution in [-0.4, -0.2) is 10.9 Å². The number of hydrogen-bond donors (Lipinski definition) is 1. The molecule has 0 aliphatic carbocycles. The van der Waals surface area contributed by atoms with Crippen molar-refractivity contribution in [1.29, 1.82) is 0 Å². The Morgan fingerprint density at radius 1 is 1.37 bits per heavy atom. The SMILES string of the molecule is O=C(Nc1ccc(Cl)cc1C(F)(F)F)c1nccs1. The zero-order chi connectivity index (χ0) is 14.0. The average molecular weight is 307 g/mol. The number of carbonyl (C=O) groups excluding carboxylic acids is 1. The molecular weight excluding hydrogens is 301 g/mol. The molecule has 3 nitrogen and oxygen atoms in total. The number of halogens is 4. The number of alkyl halides is 3. The first-order valence-corrected chi connectivity index (χ1v) is 6.21. The van der Waals surface area contributed by atoms with Gasteiger partial charge in [0.15, 0.2) is 5.01 Å². The lowest BCUT2D eigenvalue weighted by Crippen LogP contribution is -2.16. The zero-order valence-corrected chi connectivity index (χ0v) is 10.7. The number of amides is 1. The van der Waals surface area contributed by atoms with Crippen molar-refractivity contribution in [2.75, 3.05) is 5.32 Å². The monoisotopic (exact) mass is 306 g/mol. The number of carbonyl (C=O) groups is 1. The number of hydrogen-bond acceptors (Lipinski definition) is 3. The van der Waals surface area contributed by atoms with E-state index in [2.05, 4.69) is 10.3 Å². The van der Waals surface area contributed by atoms with Crippen LogP contribution in [0.2, 0.25) is 5.02 Å². The first-order valence-electron chi connectivity index (χ1n) is 4.95. The third kappa shape index (κ3) is 3.24. The van der Waals surface area contributed by atoms with E-state index in [9.17, 15) is 18.0 Å². The molecule has 0 aliphatic rings. The van der Waals surface area contributed by atoms with E-state index in [1.807, 2.05) is 0 Å². The number of nitrogens with zero attached hydrogens (tertiary/aromatic N) is 1. The highest BCUT2D eigenvalue weighted by Gasteiger charge is 2.34. The van der Waals surface area contributed by atoms with Crippen molar-refractivity contribution in [3.05, 3.63) is 45.4 Å². The zero-order valence-electron chi connectivity index (χ0n) is 9.16. The molecular formula is C11H6ClF3N2OS. The van der Waals surface area contributed by atoms with Gasteiger partial charge in [0.1, 0.15) is 0 Å². The third-order valence-corrected chi connectivity index (χ3v) is 3.17. The van der Waals surface area contributed by atoms with Gasteiger partial charge < -0.3 is 5.32 Å². The van der Waals surface area contributed by atoms with Crippen molar-refractivity contribution in [2.45, 2.75) is 6.18 Å². The molecule has 0 fully saturated rings. The van der Waals surface area contributed by atoms with Crippen LogP contribution in [0.25, 0.3) is 0 Å². The van der Waals surface area contributed by atoms with Crippen LogP contribution >= 0.6 is 22.9 Å². The van der Waals surface area contributed by atoms with Crippen LogP contribution in [0.4, 0.5) is 18.9 Å². The number of nitrogens with one attached hydrogen (secondary N) is 1. The summed E-state index contributed by atoms with van der Waals surface area (Å²) in [5.74, 6) is -0.692. The molecule has 8 heteroatoms. The van der Waals surface area contributed by atoms with Crippen molar-refractivity contribution in [3.63, 3.8) is 0 Å². The molecule has 2 aromatic rings. The van der Waals surface area contributed by atoms with E-state index < -0.39 is 17.6 Å². The van der Waals surface area contributed by atoms with Crippen LogP contribution in [0.3, 0.4) is 0 Å². The van der Waals surface area contributed by atoms with Crippen molar-refractivity contribution >= 4 is 34.5 Å². The van der Waals surface area contributed by atoms with Gasteiger partial charge in [-0.15, -0.1) is 11.3 Å². The Morgan fingerprint density at radius 3 is 2.68 bits per heavy atom. The molecule has 0 atom stereocenters. The van der Waals surface area contributed by atoms with Gasteiger partial charge in [-0.2, -0.15) is 13.2 Å². The van der Waals surface area contributed by atoms with Crippen molar-refractivity contribution in [3.8, 4) is 0 Å². The van der Waals surface area contributed by atoms with Gasteiger partial charge in [-0.05, 0) is 18.2 Å². The number of benzene rings is 1. The van der Waals surface area contributed by atoms with Crippen LogP contribution in [0.15, 0.2) is 29.8 Å². The Morgan fingerprint density at radius 2 is 2.11 bits per heavy atom. The summed E-state index contributed by atoms with van der Waals surface area (Å²) in [4.78, 5) is 15.4. The van der Waals surface area contributed by atoms with Crippen LogP contribution in [-0.2, 0) is 6.18 Å². The van der Waals surface area contributed by atoms with Gasteiger partial charge in [-0.3, -0.25) is 4.79 Å². The number of thiazole rings is 1. The van der Waals surface area contributed by atoms with Crippen LogP contribution < -0.4 is 5.32 Å². The van der Waals surface area contributed by atoms with E-state index in [1.54, 1.807) is 5.38 Å². The second-order valence-corrected chi connectivity index (χ2v) is 4.81. The first-order chi connectivity index (χ1) is 8.88. The van der Waals surface area contributed by atoms with E-state index in [4.69, 9.17) is 11.6 Å². The molecule has 1 amide bonds. The predicted octanol–water partition coefficient (Wildman–Crippen LogP) is 4.07. The van der Waals surface area contributed by atoms with Gasteiger partial charge in [0.25, 0.3) is 5.91 Å². The lowest BCUT2D eigenvalue weighted by molar-refractivity contribution is -0.136. The number of anilines is 1. The van der Waals surface area contributed by atoms with Gasteiger partial charge in [-0.25, -0.2) is 4.98 Å². The highest BCUT2D eigenvalue weighted by atomic mass is 35.5. The van der Waals surface area contributed by atoms with Crippen molar-refractivity contribution in [2.24, 2.45) is 0 Å². The minimum Gasteiger partial charge on any atom is -0.319 e.